The van der Waals surface area contributed by atoms with E-state index < -0.39 is 107 Å². The van der Waals surface area contributed by atoms with E-state index in [4.69, 9.17) is 22.3 Å². The molecule has 0 aromatic rings. The lowest BCUT2D eigenvalue weighted by Crippen LogP contribution is -2.60. The molecule has 0 saturated carbocycles. The number of nitrogens with two attached hydrogens (primary N) is 3. The third-order valence-electron chi connectivity index (χ3n) is 8.74. The van der Waals surface area contributed by atoms with Gasteiger partial charge in [-0.2, -0.15) is 11.8 Å². The van der Waals surface area contributed by atoms with E-state index in [0.717, 1.165) is 0 Å². The van der Waals surface area contributed by atoms with Gasteiger partial charge < -0.3 is 59.3 Å². The molecule has 0 spiro atoms. The highest BCUT2D eigenvalue weighted by Gasteiger charge is 2.34. The van der Waals surface area contributed by atoms with Gasteiger partial charge >= 0.3 is 11.9 Å². The van der Waals surface area contributed by atoms with Crippen LogP contribution in [-0.4, -0.2) is 124 Å². The summed E-state index contributed by atoms with van der Waals surface area (Å²) in [7, 11) is 0. The molecule has 8 amide bonds. The topological polar surface area (TPSA) is 361 Å². The zero-order valence-electron chi connectivity index (χ0n) is 33.4. The van der Waals surface area contributed by atoms with Crippen LogP contribution in [0.5, 0.6) is 0 Å². The quantitative estimate of drug-likeness (QED) is 0.0374. The van der Waals surface area contributed by atoms with Crippen LogP contribution in [0.3, 0.4) is 0 Å². The van der Waals surface area contributed by atoms with Gasteiger partial charge in [0.15, 0.2) is 0 Å². The Hall–Kier alpha value is -4.99. The summed E-state index contributed by atoms with van der Waals surface area (Å²) >= 11 is 1.37. The fraction of sp³-hybridized carbons (Fsp3) is 0.714. The van der Waals surface area contributed by atoms with E-state index in [1.54, 1.807) is 34.0 Å². The maximum Gasteiger partial charge on any atom is 0.326 e. The summed E-state index contributed by atoms with van der Waals surface area (Å²) in [5.41, 5.74) is 16.2. The number of thioether (sulfide) groups is 1. The molecule has 0 unspecified atom stereocenters. The van der Waals surface area contributed by atoms with Gasteiger partial charge in [0, 0.05) is 19.3 Å². The number of amides is 8. The van der Waals surface area contributed by atoms with Gasteiger partial charge in [0.25, 0.3) is 0 Å². The van der Waals surface area contributed by atoms with E-state index in [1.807, 2.05) is 0 Å². The van der Waals surface area contributed by atoms with Gasteiger partial charge in [-0.15, -0.1) is 0 Å². The maximum absolute atomic E-state index is 13.7. The third kappa shape index (κ3) is 21.2. The van der Waals surface area contributed by atoms with Gasteiger partial charge in [-0.05, 0) is 62.9 Å². The minimum Gasteiger partial charge on any atom is -0.481 e. The van der Waals surface area contributed by atoms with Crippen molar-refractivity contribution in [2.24, 2.45) is 29.0 Å². The Morgan fingerprint density at radius 1 is 0.579 bits per heavy atom. The van der Waals surface area contributed by atoms with Gasteiger partial charge in [0.2, 0.25) is 47.3 Å². The highest BCUT2D eigenvalue weighted by atomic mass is 32.2. The van der Waals surface area contributed by atoms with Crippen molar-refractivity contribution in [2.45, 2.75) is 135 Å². The van der Waals surface area contributed by atoms with Crippen molar-refractivity contribution in [1.29, 1.82) is 0 Å². The SMILES string of the molecule is CC[C@H](C)[C@H](NC(=O)[C@@H](N)CCC(=O)O)C(=O)N[C@@H](C)C(=O)N[C@@H](CCSC)C(=O)N[C@@H](CC(C)C)C(=O)N[C@@H](CCC(N)=O)C(=O)N[C@@H](CCC(N)=O)C(=O)O. The number of carboxylic acid groups (broad SMARTS) is 2. The Morgan fingerprint density at radius 2 is 1.05 bits per heavy atom. The van der Waals surface area contributed by atoms with Crippen LogP contribution < -0.4 is 49.1 Å². The molecule has 0 heterocycles. The molecule has 0 aromatic heterocycles. The van der Waals surface area contributed by atoms with Crippen molar-refractivity contribution in [3.8, 4) is 0 Å². The largest absolute Gasteiger partial charge is 0.481 e. The lowest BCUT2D eigenvalue weighted by molar-refractivity contribution is -0.143. The number of aliphatic carboxylic acids is 2. The normalized spacial score (nSPS) is 15.2. The average Bonchev–Trinajstić information content (AvgIpc) is 3.12. The Bertz CT molecular complexity index is 1430. The zero-order chi connectivity index (χ0) is 44.0. The number of nitrogens with one attached hydrogen (secondary N) is 6. The molecule has 0 radical (unpaired) electrons. The molecule has 0 rings (SSSR count). The van der Waals surface area contributed by atoms with Crippen molar-refractivity contribution < 1.29 is 58.2 Å². The molecule has 21 nitrogen and oxygen atoms in total. The summed E-state index contributed by atoms with van der Waals surface area (Å²) in [4.78, 5) is 125. The number of carbonyl (C=O) groups is 10. The van der Waals surface area contributed by atoms with E-state index in [-0.39, 0.29) is 57.3 Å². The number of primary amides is 2. The monoisotopic (exact) mass is 831 g/mol. The second-order valence-corrected chi connectivity index (χ2v) is 15.1. The summed E-state index contributed by atoms with van der Waals surface area (Å²) in [5.74, 6) is -9.30. The molecule has 0 aromatic carbocycles. The van der Waals surface area contributed by atoms with Crippen LogP contribution in [0, 0.1) is 11.8 Å². The van der Waals surface area contributed by atoms with E-state index in [1.165, 1.54) is 18.7 Å². The van der Waals surface area contributed by atoms with Gasteiger partial charge in [-0.25, -0.2) is 4.79 Å². The van der Waals surface area contributed by atoms with Crippen molar-refractivity contribution in [3.63, 3.8) is 0 Å². The summed E-state index contributed by atoms with van der Waals surface area (Å²) in [5, 5.41) is 33.4. The smallest absolute Gasteiger partial charge is 0.326 e. The predicted octanol–water partition coefficient (Wildman–Crippen LogP) is -2.43. The second-order valence-electron chi connectivity index (χ2n) is 14.1. The molecule has 14 N–H and O–H groups in total. The van der Waals surface area contributed by atoms with Crippen LogP contribution in [0.4, 0.5) is 0 Å². The van der Waals surface area contributed by atoms with Crippen LogP contribution in [-0.2, 0) is 47.9 Å². The number of hydrogen-bond acceptors (Lipinski definition) is 12. The molecular formula is C35H61N9O12S. The van der Waals surface area contributed by atoms with Crippen molar-refractivity contribution in [3.05, 3.63) is 0 Å². The molecule has 0 saturated heterocycles. The van der Waals surface area contributed by atoms with Crippen molar-refractivity contribution in [2.75, 3.05) is 12.0 Å². The highest BCUT2D eigenvalue weighted by Crippen LogP contribution is 2.12. The van der Waals surface area contributed by atoms with Crippen LogP contribution in [0.25, 0.3) is 0 Å². The molecule has 22 heteroatoms. The van der Waals surface area contributed by atoms with E-state index in [9.17, 15) is 53.1 Å². The van der Waals surface area contributed by atoms with E-state index in [0.29, 0.717) is 12.2 Å². The van der Waals surface area contributed by atoms with Crippen LogP contribution in [0.15, 0.2) is 0 Å². The van der Waals surface area contributed by atoms with E-state index in [2.05, 4.69) is 31.9 Å². The Morgan fingerprint density at radius 3 is 1.53 bits per heavy atom. The van der Waals surface area contributed by atoms with Crippen LogP contribution in [0.2, 0.25) is 0 Å². The minimum absolute atomic E-state index is 0.0520. The predicted molar refractivity (Wildman–Crippen MR) is 209 cm³/mol. The Balaban J connectivity index is 6.08. The number of carboxylic acids is 2. The highest BCUT2D eigenvalue weighted by molar-refractivity contribution is 7.98. The zero-order valence-corrected chi connectivity index (χ0v) is 34.2. The number of hydrogen-bond donors (Lipinski definition) is 11. The molecular weight excluding hydrogens is 771 g/mol. The summed E-state index contributed by atoms with van der Waals surface area (Å²) in [6.07, 6.45) is 0.444. The van der Waals surface area contributed by atoms with Gasteiger partial charge in [0.05, 0.1) is 6.04 Å². The minimum atomic E-state index is -1.55. The first kappa shape index (κ1) is 52.0. The molecule has 324 valence electrons. The first-order chi connectivity index (χ1) is 26.5. The molecule has 0 aliphatic carbocycles. The van der Waals surface area contributed by atoms with Crippen LogP contribution in [0.1, 0.15) is 92.4 Å². The Labute approximate surface area is 336 Å². The summed E-state index contributed by atoms with van der Waals surface area (Å²) in [6.45, 7) is 8.35. The fourth-order valence-electron chi connectivity index (χ4n) is 5.16. The van der Waals surface area contributed by atoms with E-state index >= 15 is 0 Å². The molecule has 0 fully saturated rings. The first-order valence-corrected chi connectivity index (χ1v) is 20.0. The van der Waals surface area contributed by atoms with Gasteiger partial charge in [-0.1, -0.05) is 34.1 Å². The van der Waals surface area contributed by atoms with Gasteiger partial charge in [0.1, 0.15) is 36.3 Å². The molecule has 0 bridgehead atoms. The lowest BCUT2D eigenvalue weighted by atomic mass is 9.97. The Kier molecular flexibility index (Phi) is 24.4. The van der Waals surface area contributed by atoms with Crippen molar-refractivity contribution in [1.82, 2.24) is 31.9 Å². The lowest BCUT2D eigenvalue weighted by Gasteiger charge is -2.28. The first-order valence-electron chi connectivity index (χ1n) is 18.6. The second kappa shape index (κ2) is 26.8. The molecule has 0 aliphatic heterocycles. The average molecular weight is 832 g/mol. The van der Waals surface area contributed by atoms with Crippen LogP contribution >= 0.6 is 11.8 Å². The molecule has 57 heavy (non-hydrogen) atoms. The standard InChI is InChI=1S/C35H61N9O12S/c1-7-18(4)28(44-30(50)20(36)8-13-27(47)48)34(54)39-19(5)29(49)40-22(14-15-57-6)32(52)43-24(16-17(2)3)33(53)41-21(9-11-25(37)45)31(51)42-23(35(55)56)10-12-26(38)46/h17-24,28H,7-16,36H2,1-6H3,(H2,37,45)(H2,38,46)(H,39,54)(H,40,49)(H,41,53)(H,42,51)(H,43,52)(H,44,50)(H,47,48)(H,55,56)/t18-,19-,20-,21-,22-,23-,24-,28-/m0/s1. The molecule has 0 aliphatic rings. The molecule has 8 atom stereocenters. The maximum atomic E-state index is 13.7. The summed E-state index contributed by atoms with van der Waals surface area (Å²) in [6, 6.07) is -9.06. The van der Waals surface area contributed by atoms with Crippen molar-refractivity contribution >= 4 is 71.0 Å². The third-order valence-corrected chi connectivity index (χ3v) is 9.39. The number of carbonyl (C=O) groups excluding carboxylic acids is 8. The fourth-order valence-corrected chi connectivity index (χ4v) is 5.63. The summed E-state index contributed by atoms with van der Waals surface area (Å²) < 4.78 is 0. The van der Waals surface area contributed by atoms with Gasteiger partial charge in [-0.3, -0.25) is 43.2 Å². The number of rotatable bonds is 29.